The van der Waals surface area contributed by atoms with E-state index in [-0.39, 0.29) is 11.4 Å². The van der Waals surface area contributed by atoms with Crippen LogP contribution in [0.1, 0.15) is 37.6 Å². The highest BCUT2D eigenvalue weighted by atomic mass is 19.1. The maximum atomic E-state index is 13.1. The normalized spacial score (nSPS) is 13.7. The first-order valence-electron chi connectivity index (χ1n) is 8.62. The Kier molecular flexibility index (Phi) is 4.61. The summed E-state index contributed by atoms with van der Waals surface area (Å²) >= 11 is 0. The highest BCUT2D eigenvalue weighted by molar-refractivity contribution is 5.90. The lowest BCUT2D eigenvalue weighted by atomic mass is 10.0. The average molecular weight is 358 g/mol. The lowest BCUT2D eigenvalue weighted by molar-refractivity contribution is 0.0584. The van der Waals surface area contributed by atoms with Crippen molar-refractivity contribution in [1.29, 1.82) is 0 Å². The Morgan fingerprint density at radius 3 is 2.50 bits per heavy atom. The molecule has 6 heteroatoms. The molecule has 0 unspecified atom stereocenters. The first-order chi connectivity index (χ1) is 12.2. The Morgan fingerprint density at radius 1 is 1.23 bits per heavy atom. The Labute approximate surface area is 152 Å². The summed E-state index contributed by atoms with van der Waals surface area (Å²) in [5.74, 6) is -0.313. The summed E-state index contributed by atoms with van der Waals surface area (Å²) in [4.78, 5) is 26.7. The number of carbonyl (C=O) groups is 1. The molecule has 0 N–H and O–H groups in total. The fourth-order valence-corrected chi connectivity index (χ4v) is 3.14. The van der Waals surface area contributed by atoms with Crippen molar-refractivity contribution in [3.8, 4) is 0 Å². The largest absolute Gasteiger partial charge is 0.443 e. The van der Waals surface area contributed by atoms with Crippen molar-refractivity contribution < 1.29 is 13.9 Å². The lowest BCUT2D eigenvalue weighted by Gasteiger charge is -2.25. The second kappa shape index (κ2) is 6.59. The summed E-state index contributed by atoms with van der Waals surface area (Å²) in [6, 6.07) is 7.83. The molecule has 1 aromatic carbocycles. The van der Waals surface area contributed by atoms with E-state index in [0.29, 0.717) is 30.6 Å². The molecule has 0 saturated heterocycles. The van der Waals surface area contributed by atoms with Crippen LogP contribution in [0.3, 0.4) is 0 Å². The maximum absolute atomic E-state index is 13.1. The summed E-state index contributed by atoms with van der Waals surface area (Å²) in [6.45, 7) is 5.95. The van der Waals surface area contributed by atoms with Gasteiger partial charge in [0.15, 0.2) is 0 Å². The van der Waals surface area contributed by atoms with Crippen molar-refractivity contribution in [1.82, 2.24) is 4.57 Å². The van der Waals surface area contributed by atoms with E-state index in [9.17, 15) is 14.0 Å². The van der Waals surface area contributed by atoms with E-state index >= 15 is 0 Å². The van der Waals surface area contributed by atoms with E-state index < -0.39 is 11.7 Å². The number of benzene rings is 1. The predicted octanol–water partition coefficient (Wildman–Crippen LogP) is 3.41. The zero-order valence-corrected chi connectivity index (χ0v) is 15.5. The van der Waals surface area contributed by atoms with Crippen molar-refractivity contribution in [2.45, 2.75) is 39.2 Å². The molecule has 0 fully saturated rings. The number of fused-ring (bicyclic) bond motifs is 1. The number of amides is 1. The number of pyridine rings is 1. The maximum Gasteiger partial charge on any atom is 0.414 e. The molecule has 0 radical (unpaired) electrons. The van der Waals surface area contributed by atoms with Gasteiger partial charge in [-0.1, -0.05) is 12.1 Å². The quantitative estimate of drug-likeness (QED) is 0.827. The molecule has 1 aromatic heterocycles. The van der Waals surface area contributed by atoms with E-state index in [1.165, 1.54) is 12.1 Å². The first-order valence-corrected chi connectivity index (χ1v) is 8.62. The highest BCUT2D eigenvalue weighted by Gasteiger charge is 2.31. The summed E-state index contributed by atoms with van der Waals surface area (Å²) in [5.41, 5.74) is 2.25. The molecule has 2 heterocycles. The van der Waals surface area contributed by atoms with Gasteiger partial charge in [-0.05, 0) is 44.5 Å². The van der Waals surface area contributed by atoms with Crippen LogP contribution in [0.4, 0.5) is 14.9 Å². The van der Waals surface area contributed by atoms with Crippen LogP contribution in [0.15, 0.2) is 35.1 Å². The monoisotopic (exact) mass is 358 g/mol. The molecule has 0 spiro atoms. The molecule has 3 rings (SSSR count). The van der Waals surface area contributed by atoms with Gasteiger partial charge in [-0.2, -0.15) is 0 Å². The molecule has 1 aliphatic rings. The van der Waals surface area contributed by atoms with E-state index in [4.69, 9.17) is 4.74 Å². The smallest absolute Gasteiger partial charge is 0.414 e. The molecule has 5 nitrogen and oxygen atoms in total. The minimum atomic E-state index is -0.586. The van der Waals surface area contributed by atoms with Crippen LogP contribution < -0.4 is 10.5 Å². The number of hydrogen-bond donors (Lipinski definition) is 0. The van der Waals surface area contributed by atoms with Crippen LogP contribution in [0.25, 0.3) is 0 Å². The number of aromatic nitrogens is 1. The van der Waals surface area contributed by atoms with Gasteiger partial charge in [0, 0.05) is 37.7 Å². The van der Waals surface area contributed by atoms with Gasteiger partial charge in [-0.15, -0.1) is 0 Å². The first kappa shape index (κ1) is 18.2. The van der Waals surface area contributed by atoms with Gasteiger partial charge in [0.05, 0.1) is 5.69 Å². The average Bonchev–Trinajstić information content (AvgIpc) is 2.97. The fourth-order valence-electron chi connectivity index (χ4n) is 3.14. The Bertz CT molecular complexity index is 895. The van der Waals surface area contributed by atoms with Gasteiger partial charge in [0.2, 0.25) is 0 Å². The number of rotatable bonds is 2. The molecule has 26 heavy (non-hydrogen) atoms. The van der Waals surface area contributed by atoms with Crippen molar-refractivity contribution in [3.63, 3.8) is 0 Å². The number of halogens is 1. The third kappa shape index (κ3) is 3.64. The van der Waals surface area contributed by atoms with Crippen molar-refractivity contribution in [2.24, 2.45) is 7.05 Å². The zero-order valence-electron chi connectivity index (χ0n) is 15.5. The van der Waals surface area contributed by atoms with Gasteiger partial charge < -0.3 is 9.30 Å². The molecular formula is C20H23FN2O3. The molecule has 0 bridgehead atoms. The number of hydrogen-bond acceptors (Lipinski definition) is 3. The molecule has 1 aliphatic heterocycles. The van der Waals surface area contributed by atoms with Crippen LogP contribution in [0.5, 0.6) is 0 Å². The van der Waals surface area contributed by atoms with Gasteiger partial charge in [0.25, 0.3) is 5.56 Å². The second-order valence-corrected chi connectivity index (χ2v) is 7.55. The van der Waals surface area contributed by atoms with Crippen LogP contribution >= 0.6 is 0 Å². The second-order valence-electron chi connectivity index (χ2n) is 7.55. The van der Waals surface area contributed by atoms with Crippen LogP contribution in [0.2, 0.25) is 0 Å². The molecule has 2 aromatic rings. The number of ether oxygens (including phenoxy) is 1. The van der Waals surface area contributed by atoms with E-state index in [0.717, 1.165) is 11.3 Å². The fraction of sp³-hybridized carbons (Fsp3) is 0.400. The molecule has 0 aliphatic carbocycles. The minimum absolute atomic E-state index is 0.0980. The Balaban J connectivity index is 1.96. The molecular weight excluding hydrogens is 335 g/mol. The molecule has 138 valence electrons. The van der Waals surface area contributed by atoms with E-state index in [1.807, 2.05) is 20.8 Å². The number of anilines is 1. The van der Waals surface area contributed by atoms with Crippen LogP contribution in [-0.2, 0) is 24.6 Å². The van der Waals surface area contributed by atoms with Gasteiger partial charge in [-0.3, -0.25) is 9.69 Å². The van der Waals surface area contributed by atoms with Crippen molar-refractivity contribution >= 4 is 11.8 Å². The third-order valence-electron chi connectivity index (χ3n) is 4.38. The molecule has 1 amide bonds. The number of nitrogens with zero attached hydrogens (tertiary/aromatic N) is 2. The van der Waals surface area contributed by atoms with E-state index in [1.54, 1.807) is 34.7 Å². The SMILES string of the molecule is Cn1c2c(cc(Cc3ccc(F)cc3)c1=O)N(C(=O)OC(C)(C)C)CC2. The highest BCUT2D eigenvalue weighted by Crippen LogP contribution is 2.29. The number of carbonyl (C=O) groups excluding carboxylic acids is 1. The summed E-state index contributed by atoms with van der Waals surface area (Å²) < 4.78 is 20.2. The zero-order chi connectivity index (χ0) is 19.1. The van der Waals surface area contributed by atoms with E-state index in [2.05, 4.69) is 0 Å². The van der Waals surface area contributed by atoms with Crippen molar-refractivity contribution in [2.75, 3.05) is 11.4 Å². The minimum Gasteiger partial charge on any atom is -0.443 e. The molecule has 0 saturated carbocycles. The molecule has 0 atom stereocenters. The summed E-state index contributed by atoms with van der Waals surface area (Å²) in [5, 5.41) is 0. The standard InChI is InChI=1S/C20H23FN2O3/c1-20(2,3)26-19(25)23-10-9-16-17(23)12-14(18(24)22(16)4)11-13-5-7-15(21)8-6-13/h5-8,12H,9-11H2,1-4H3. The Morgan fingerprint density at radius 2 is 1.88 bits per heavy atom. The van der Waals surface area contributed by atoms with Crippen LogP contribution in [-0.4, -0.2) is 22.8 Å². The topological polar surface area (TPSA) is 51.5 Å². The third-order valence-corrected chi connectivity index (χ3v) is 4.38. The van der Waals surface area contributed by atoms with Gasteiger partial charge in [0.1, 0.15) is 11.4 Å². The van der Waals surface area contributed by atoms with Gasteiger partial charge in [-0.25, -0.2) is 9.18 Å². The summed E-state index contributed by atoms with van der Waals surface area (Å²) in [7, 11) is 1.72. The van der Waals surface area contributed by atoms with Crippen LogP contribution in [0, 0.1) is 5.82 Å². The van der Waals surface area contributed by atoms with Gasteiger partial charge >= 0.3 is 6.09 Å². The predicted molar refractivity (Wildman–Crippen MR) is 98.2 cm³/mol. The Hall–Kier alpha value is -2.63. The van der Waals surface area contributed by atoms with Crippen molar-refractivity contribution in [3.05, 3.63) is 63.3 Å². The summed E-state index contributed by atoms with van der Waals surface area (Å²) in [6.07, 6.45) is 0.571. The lowest BCUT2D eigenvalue weighted by Crippen LogP contribution is -2.36.